The van der Waals surface area contributed by atoms with Gasteiger partial charge < -0.3 is 20.7 Å². The smallest absolute Gasteiger partial charge is 0.242 e. The first kappa shape index (κ1) is 9.89. The minimum Gasteiger partial charge on any atom is -0.379 e. The van der Waals surface area contributed by atoms with Crippen molar-refractivity contribution in [2.24, 2.45) is 5.73 Å². The zero-order valence-corrected chi connectivity index (χ0v) is 8.45. The molecule has 0 radical (unpaired) electrons. The molecule has 2 aliphatic heterocycles. The number of carbonyl (C=O) groups excluding carboxylic acids is 1. The van der Waals surface area contributed by atoms with Crippen LogP contribution in [-0.2, 0) is 9.53 Å². The summed E-state index contributed by atoms with van der Waals surface area (Å²) in [5.41, 5.74) is 5.13. The number of nitrogens with two attached hydrogens (primary N) is 1. The molecule has 80 valence electrons. The number of rotatable bonds is 2. The van der Waals surface area contributed by atoms with Crippen LogP contribution in [0.5, 0.6) is 0 Å². The quantitative estimate of drug-likeness (QED) is 0.570. The van der Waals surface area contributed by atoms with Crippen molar-refractivity contribution < 1.29 is 9.53 Å². The first-order valence-corrected chi connectivity index (χ1v) is 4.96. The second-order valence-corrected chi connectivity index (χ2v) is 4.35. The highest BCUT2D eigenvalue weighted by atomic mass is 16.5. The van der Waals surface area contributed by atoms with Gasteiger partial charge >= 0.3 is 0 Å². The third-order valence-electron chi connectivity index (χ3n) is 2.90. The maximum atomic E-state index is 11.7. The van der Waals surface area contributed by atoms with Gasteiger partial charge in [0.2, 0.25) is 5.91 Å². The number of likely N-dealkylation sites (N-methyl/N-ethyl adjacent to an activating group) is 1. The predicted octanol–water partition coefficient (Wildman–Crippen LogP) is -1.47. The van der Waals surface area contributed by atoms with Crippen molar-refractivity contribution in [2.75, 3.05) is 33.4 Å². The molecule has 2 rings (SSSR count). The summed E-state index contributed by atoms with van der Waals surface area (Å²) in [5, 5.41) is 2.94. The molecule has 5 heteroatoms. The fourth-order valence-corrected chi connectivity index (χ4v) is 1.88. The Hall–Kier alpha value is -0.650. The number of amides is 1. The number of nitrogens with zero attached hydrogens (tertiary/aromatic N) is 1. The topological polar surface area (TPSA) is 67.6 Å². The molecule has 2 saturated heterocycles. The molecule has 1 amide bonds. The van der Waals surface area contributed by atoms with Gasteiger partial charge in [-0.15, -0.1) is 0 Å². The maximum absolute atomic E-state index is 11.7. The van der Waals surface area contributed by atoms with Crippen LogP contribution in [0.2, 0.25) is 0 Å². The lowest BCUT2D eigenvalue weighted by atomic mass is 9.98. The predicted molar refractivity (Wildman–Crippen MR) is 51.8 cm³/mol. The highest BCUT2D eigenvalue weighted by Crippen LogP contribution is 2.16. The molecule has 2 aliphatic rings. The fraction of sp³-hybridized carbons (Fsp3) is 0.889. The molecule has 1 atom stereocenters. The Bertz CT molecular complexity index is 232. The van der Waals surface area contributed by atoms with Crippen molar-refractivity contribution in [2.45, 2.75) is 18.0 Å². The molecule has 14 heavy (non-hydrogen) atoms. The van der Waals surface area contributed by atoms with Gasteiger partial charge in [0.05, 0.1) is 12.6 Å². The summed E-state index contributed by atoms with van der Waals surface area (Å²) in [6, 6.07) is 0.272. The van der Waals surface area contributed by atoms with E-state index in [1.807, 2.05) is 7.05 Å². The standard InChI is InChI=1S/C9H17N3O2/c1-12-4-7(5-12)11-8(13)9(10)2-3-14-6-9/h7H,2-6,10H2,1H3,(H,11,13). The Kier molecular flexibility index (Phi) is 2.47. The lowest BCUT2D eigenvalue weighted by molar-refractivity contribution is -0.128. The van der Waals surface area contributed by atoms with Crippen molar-refractivity contribution in [1.29, 1.82) is 0 Å². The van der Waals surface area contributed by atoms with E-state index in [1.54, 1.807) is 0 Å². The molecule has 0 aromatic heterocycles. The number of ether oxygens (including phenoxy) is 1. The van der Waals surface area contributed by atoms with Gasteiger partial charge in [0, 0.05) is 19.7 Å². The third kappa shape index (κ3) is 1.75. The van der Waals surface area contributed by atoms with E-state index in [0.717, 1.165) is 13.1 Å². The summed E-state index contributed by atoms with van der Waals surface area (Å²) in [6.07, 6.45) is 0.626. The van der Waals surface area contributed by atoms with Crippen LogP contribution in [-0.4, -0.2) is 55.7 Å². The summed E-state index contributed by atoms with van der Waals surface area (Å²) in [6.45, 7) is 2.78. The van der Waals surface area contributed by atoms with E-state index in [4.69, 9.17) is 10.5 Å². The SMILES string of the molecule is CN1CC(NC(=O)C2(N)CCOC2)C1. The Morgan fingerprint density at radius 1 is 1.64 bits per heavy atom. The molecule has 0 bridgehead atoms. The van der Waals surface area contributed by atoms with E-state index in [2.05, 4.69) is 10.2 Å². The van der Waals surface area contributed by atoms with E-state index < -0.39 is 5.54 Å². The van der Waals surface area contributed by atoms with Crippen molar-refractivity contribution in [1.82, 2.24) is 10.2 Å². The molecule has 2 heterocycles. The van der Waals surface area contributed by atoms with Crippen LogP contribution in [0, 0.1) is 0 Å². The van der Waals surface area contributed by atoms with Crippen LogP contribution in [0.3, 0.4) is 0 Å². The number of hydrogen-bond acceptors (Lipinski definition) is 4. The average molecular weight is 199 g/mol. The summed E-state index contributed by atoms with van der Waals surface area (Å²) < 4.78 is 5.14. The van der Waals surface area contributed by atoms with E-state index in [-0.39, 0.29) is 11.9 Å². The molecule has 0 aromatic carbocycles. The molecule has 0 aliphatic carbocycles. The van der Waals surface area contributed by atoms with Crippen LogP contribution in [0.15, 0.2) is 0 Å². The summed E-state index contributed by atoms with van der Waals surface area (Å²) in [7, 11) is 2.03. The highest BCUT2D eigenvalue weighted by Gasteiger charge is 2.40. The van der Waals surface area contributed by atoms with Gasteiger partial charge in [0.1, 0.15) is 5.54 Å². The molecular weight excluding hydrogens is 182 g/mol. The lowest BCUT2D eigenvalue weighted by Crippen LogP contribution is -2.63. The number of hydrogen-bond donors (Lipinski definition) is 2. The fourth-order valence-electron chi connectivity index (χ4n) is 1.88. The van der Waals surface area contributed by atoms with Crippen LogP contribution >= 0.6 is 0 Å². The minimum absolute atomic E-state index is 0.0619. The first-order chi connectivity index (χ1) is 6.60. The van der Waals surface area contributed by atoms with Crippen LogP contribution < -0.4 is 11.1 Å². The number of likely N-dealkylation sites (tertiary alicyclic amines) is 1. The molecule has 0 spiro atoms. The Balaban J connectivity index is 1.83. The number of nitrogens with one attached hydrogen (secondary N) is 1. The highest BCUT2D eigenvalue weighted by molar-refractivity contribution is 5.86. The molecule has 2 fully saturated rings. The van der Waals surface area contributed by atoms with Crippen molar-refractivity contribution in [3.05, 3.63) is 0 Å². The molecular formula is C9H17N3O2. The van der Waals surface area contributed by atoms with Gasteiger partial charge in [0.15, 0.2) is 0 Å². The summed E-state index contributed by atoms with van der Waals surface area (Å²) in [4.78, 5) is 13.9. The Labute approximate surface area is 83.6 Å². The Morgan fingerprint density at radius 2 is 2.36 bits per heavy atom. The molecule has 3 N–H and O–H groups in total. The van der Waals surface area contributed by atoms with E-state index in [0.29, 0.717) is 19.6 Å². The Morgan fingerprint density at radius 3 is 2.86 bits per heavy atom. The van der Waals surface area contributed by atoms with Crippen LogP contribution in [0.25, 0.3) is 0 Å². The summed E-state index contributed by atoms with van der Waals surface area (Å²) >= 11 is 0. The largest absolute Gasteiger partial charge is 0.379 e. The summed E-state index contributed by atoms with van der Waals surface area (Å²) in [5.74, 6) is -0.0619. The lowest BCUT2D eigenvalue weighted by Gasteiger charge is -2.38. The number of carbonyl (C=O) groups is 1. The van der Waals surface area contributed by atoms with Gasteiger partial charge in [0.25, 0.3) is 0 Å². The molecule has 0 saturated carbocycles. The zero-order valence-electron chi connectivity index (χ0n) is 8.45. The minimum atomic E-state index is -0.784. The average Bonchev–Trinajstić information content (AvgIpc) is 2.51. The van der Waals surface area contributed by atoms with Crippen LogP contribution in [0.1, 0.15) is 6.42 Å². The molecule has 0 aromatic rings. The van der Waals surface area contributed by atoms with Crippen molar-refractivity contribution in [3.63, 3.8) is 0 Å². The van der Waals surface area contributed by atoms with Gasteiger partial charge in [-0.1, -0.05) is 0 Å². The van der Waals surface area contributed by atoms with Crippen LogP contribution in [0.4, 0.5) is 0 Å². The van der Waals surface area contributed by atoms with Crippen molar-refractivity contribution >= 4 is 5.91 Å². The maximum Gasteiger partial charge on any atom is 0.242 e. The van der Waals surface area contributed by atoms with E-state index in [9.17, 15) is 4.79 Å². The molecule has 1 unspecified atom stereocenters. The van der Waals surface area contributed by atoms with Gasteiger partial charge in [-0.3, -0.25) is 4.79 Å². The normalized spacial score (nSPS) is 34.1. The van der Waals surface area contributed by atoms with Gasteiger partial charge in [-0.25, -0.2) is 0 Å². The van der Waals surface area contributed by atoms with Gasteiger partial charge in [-0.2, -0.15) is 0 Å². The molecule has 5 nitrogen and oxygen atoms in total. The second kappa shape index (κ2) is 3.49. The van der Waals surface area contributed by atoms with Crippen molar-refractivity contribution in [3.8, 4) is 0 Å². The zero-order chi connectivity index (χ0) is 10.2. The second-order valence-electron chi connectivity index (χ2n) is 4.35. The monoisotopic (exact) mass is 199 g/mol. The van der Waals surface area contributed by atoms with E-state index >= 15 is 0 Å². The first-order valence-electron chi connectivity index (χ1n) is 4.96. The van der Waals surface area contributed by atoms with Gasteiger partial charge in [-0.05, 0) is 13.5 Å². The third-order valence-corrected chi connectivity index (χ3v) is 2.90. The van der Waals surface area contributed by atoms with E-state index in [1.165, 1.54) is 0 Å².